The third-order valence-electron chi connectivity index (χ3n) is 8.77. The summed E-state index contributed by atoms with van der Waals surface area (Å²) in [5.41, 5.74) is 9.69. The molecule has 5 aromatic carbocycles. The molecule has 0 fully saturated rings. The molecule has 0 bridgehead atoms. The topological polar surface area (TPSA) is 42.8 Å². The second-order valence-electron chi connectivity index (χ2n) is 13.1. The average molecular weight is 617 g/mol. The van der Waals surface area contributed by atoms with Crippen molar-refractivity contribution in [1.82, 2.24) is 9.55 Å². The number of benzene rings is 5. The smallest absolute Gasteiger partial charge is 0.138 e. The Labute approximate surface area is 275 Å². The van der Waals surface area contributed by atoms with Crippen molar-refractivity contribution >= 4 is 38.9 Å². The van der Waals surface area contributed by atoms with Crippen molar-refractivity contribution in [2.24, 2.45) is 0 Å². The van der Waals surface area contributed by atoms with Gasteiger partial charge in [-0.2, -0.15) is 5.06 Å². The number of para-hydroxylation sites is 3. The van der Waals surface area contributed by atoms with E-state index in [2.05, 4.69) is 118 Å². The molecule has 0 saturated carbocycles. The first-order valence-electron chi connectivity index (χ1n) is 16.0. The summed E-state index contributed by atoms with van der Waals surface area (Å²) in [6.45, 7) is 10.7. The zero-order valence-corrected chi connectivity index (χ0v) is 27.2. The lowest BCUT2D eigenvalue weighted by Crippen LogP contribution is -2.41. The van der Waals surface area contributed by atoms with Crippen molar-refractivity contribution in [2.45, 2.75) is 40.2 Å². The zero-order valence-electron chi connectivity index (χ0n) is 27.2. The number of pyridine rings is 1. The molecule has 2 aromatic heterocycles. The number of hydroxylamine groups is 1. The third kappa shape index (κ3) is 4.98. The van der Waals surface area contributed by atoms with Gasteiger partial charge in [-0.25, -0.2) is 10.0 Å². The van der Waals surface area contributed by atoms with Gasteiger partial charge < -0.3 is 4.74 Å². The molecule has 232 valence electrons. The Hall–Kier alpha value is -5.59. The molecule has 0 aliphatic carbocycles. The lowest BCUT2D eigenvalue weighted by atomic mass is 9.96. The van der Waals surface area contributed by atoms with Gasteiger partial charge in [-0.15, -0.1) is 4.94 Å². The summed E-state index contributed by atoms with van der Waals surface area (Å²) in [4.78, 5) is 11.3. The molecule has 0 spiro atoms. The van der Waals surface area contributed by atoms with Crippen LogP contribution in [-0.2, 0) is 4.94 Å². The van der Waals surface area contributed by atoms with Gasteiger partial charge in [-0.05, 0) is 111 Å². The van der Waals surface area contributed by atoms with Crippen LogP contribution in [0, 0.1) is 13.8 Å². The lowest BCUT2D eigenvalue weighted by Gasteiger charge is -2.31. The quantitative estimate of drug-likeness (QED) is 0.192. The predicted molar refractivity (Wildman–Crippen MR) is 192 cm³/mol. The van der Waals surface area contributed by atoms with Crippen LogP contribution in [0.3, 0.4) is 0 Å². The number of hydrogen-bond acceptors (Lipinski definition) is 5. The molecular weight excluding hydrogens is 580 g/mol. The van der Waals surface area contributed by atoms with E-state index in [0.717, 1.165) is 56.4 Å². The minimum Gasteiger partial charge on any atom is -0.457 e. The Bertz CT molecular complexity index is 2280. The molecule has 0 N–H and O–H groups in total. The largest absolute Gasteiger partial charge is 0.457 e. The maximum Gasteiger partial charge on any atom is 0.138 e. The van der Waals surface area contributed by atoms with Gasteiger partial charge >= 0.3 is 0 Å². The minimum atomic E-state index is -0.222. The molecule has 7 aromatic rings. The van der Waals surface area contributed by atoms with E-state index in [4.69, 9.17) is 14.7 Å². The van der Waals surface area contributed by atoms with Crippen LogP contribution in [0.1, 0.15) is 31.9 Å². The Balaban J connectivity index is 1.19. The summed E-state index contributed by atoms with van der Waals surface area (Å²) < 4.78 is 8.79. The molecule has 6 nitrogen and oxygen atoms in total. The fourth-order valence-electron chi connectivity index (χ4n) is 6.68. The van der Waals surface area contributed by atoms with Crippen LogP contribution in [0.5, 0.6) is 11.5 Å². The first-order chi connectivity index (χ1) is 22.8. The van der Waals surface area contributed by atoms with Crippen LogP contribution in [0.2, 0.25) is 0 Å². The van der Waals surface area contributed by atoms with Crippen molar-refractivity contribution in [1.29, 1.82) is 0 Å². The second-order valence-corrected chi connectivity index (χ2v) is 13.1. The third-order valence-corrected chi connectivity index (χ3v) is 8.77. The van der Waals surface area contributed by atoms with E-state index in [-0.39, 0.29) is 5.54 Å². The Morgan fingerprint density at radius 1 is 0.638 bits per heavy atom. The molecule has 0 amide bonds. The number of ether oxygens (including phenoxy) is 1. The number of nitrogens with zero attached hydrogens (tertiary/aromatic N) is 4. The fraction of sp³-hybridized carbons (Fsp3) is 0.146. The van der Waals surface area contributed by atoms with E-state index in [1.54, 1.807) is 0 Å². The highest BCUT2D eigenvalue weighted by Gasteiger charge is 2.35. The van der Waals surface area contributed by atoms with Gasteiger partial charge in [0.1, 0.15) is 17.3 Å². The molecule has 0 saturated heterocycles. The van der Waals surface area contributed by atoms with Crippen LogP contribution in [0.4, 0.5) is 17.1 Å². The SMILES string of the molecule is Cc1cccc(C)c1-c1ccnc(-n2c3ccccc3c3ccc(Oc4cccc(N5ON(C(C)(C)C)c6ccccc65)c4)cc32)c1. The normalized spacial score (nSPS) is 13.0. The molecule has 6 heteroatoms. The second kappa shape index (κ2) is 11.0. The van der Waals surface area contributed by atoms with Crippen LogP contribution >= 0.6 is 0 Å². The molecule has 0 radical (unpaired) electrons. The highest BCUT2D eigenvalue weighted by atomic mass is 16.9. The maximum atomic E-state index is 6.55. The molecule has 0 unspecified atom stereocenters. The minimum absolute atomic E-state index is 0.222. The van der Waals surface area contributed by atoms with Crippen LogP contribution in [0.15, 0.2) is 128 Å². The van der Waals surface area contributed by atoms with Gasteiger partial charge in [-0.1, -0.05) is 54.6 Å². The molecular formula is C41H36N4O2. The molecule has 0 atom stereocenters. The van der Waals surface area contributed by atoms with Gasteiger partial charge in [0.05, 0.1) is 33.6 Å². The van der Waals surface area contributed by atoms with Crippen molar-refractivity contribution in [3.63, 3.8) is 0 Å². The predicted octanol–water partition coefficient (Wildman–Crippen LogP) is 10.9. The monoisotopic (exact) mass is 616 g/mol. The van der Waals surface area contributed by atoms with E-state index in [9.17, 15) is 0 Å². The van der Waals surface area contributed by atoms with Gasteiger partial charge in [-0.3, -0.25) is 4.57 Å². The van der Waals surface area contributed by atoms with Crippen molar-refractivity contribution in [2.75, 3.05) is 10.1 Å². The number of aromatic nitrogens is 2. The summed E-state index contributed by atoms with van der Waals surface area (Å²) in [6, 6.07) is 41.7. The summed E-state index contributed by atoms with van der Waals surface area (Å²) in [5, 5.41) is 6.13. The highest BCUT2D eigenvalue weighted by Crippen LogP contribution is 2.45. The first kappa shape index (κ1) is 28.9. The molecule has 1 aliphatic heterocycles. The number of aryl methyl sites for hydroxylation is 2. The molecule has 3 heterocycles. The summed E-state index contributed by atoms with van der Waals surface area (Å²) in [6.07, 6.45) is 1.91. The summed E-state index contributed by atoms with van der Waals surface area (Å²) in [5.74, 6) is 2.32. The summed E-state index contributed by atoms with van der Waals surface area (Å²) in [7, 11) is 0. The van der Waals surface area contributed by atoms with Gasteiger partial charge in [0.15, 0.2) is 0 Å². The van der Waals surface area contributed by atoms with E-state index in [1.165, 1.54) is 22.1 Å². The van der Waals surface area contributed by atoms with E-state index in [1.807, 2.05) is 58.8 Å². The maximum absolute atomic E-state index is 6.55. The van der Waals surface area contributed by atoms with E-state index >= 15 is 0 Å². The van der Waals surface area contributed by atoms with Gasteiger partial charge in [0.25, 0.3) is 0 Å². The van der Waals surface area contributed by atoms with Crippen LogP contribution in [0.25, 0.3) is 38.8 Å². The Morgan fingerprint density at radius 3 is 2.15 bits per heavy atom. The lowest BCUT2D eigenvalue weighted by molar-refractivity contribution is 0.0842. The van der Waals surface area contributed by atoms with Gasteiger partial charge in [0, 0.05) is 29.1 Å². The standard InChI is InChI=1S/C41H36N4O2/c1-27-12-10-13-28(2)40(27)29-22-23-42-39(24-29)43-35-17-7-6-16-33(35)34-21-20-32(26-38(34)43)46-31-15-11-14-30(25-31)44-36-18-8-9-19-37(36)45(47-44)41(3,4)5/h6-26H,1-5H3. The van der Waals surface area contributed by atoms with Crippen LogP contribution < -0.4 is 14.9 Å². The molecule has 1 aliphatic rings. The molecule has 8 rings (SSSR count). The molecule has 47 heavy (non-hydrogen) atoms. The number of rotatable bonds is 5. The van der Waals surface area contributed by atoms with Gasteiger partial charge in [0.2, 0.25) is 0 Å². The first-order valence-corrected chi connectivity index (χ1v) is 16.0. The van der Waals surface area contributed by atoms with E-state index < -0.39 is 0 Å². The van der Waals surface area contributed by atoms with Crippen molar-refractivity contribution in [3.8, 4) is 28.4 Å². The average Bonchev–Trinajstić information content (AvgIpc) is 3.62. The van der Waals surface area contributed by atoms with Crippen LogP contribution in [-0.4, -0.2) is 15.1 Å². The van der Waals surface area contributed by atoms with E-state index in [0.29, 0.717) is 0 Å². The number of fused-ring (bicyclic) bond motifs is 4. The Morgan fingerprint density at radius 2 is 1.34 bits per heavy atom. The van der Waals surface area contributed by atoms with Crippen molar-refractivity contribution < 1.29 is 9.68 Å². The highest BCUT2D eigenvalue weighted by molar-refractivity contribution is 6.09. The fourth-order valence-corrected chi connectivity index (χ4v) is 6.68. The Kier molecular flexibility index (Phi) is 6.78. The zero-order chi connectivity index (χ0) is 32.3. The van der Waals surface area contributed by atoms with Crippen molar-refractivity contribution in [3.05, 3.63) is 139 Å². The number of hydrogen-bond donors (Lipinski definition) is 0. The summed E-state index contributed by atoms with van der Waals surface area (Å²) >= 11 is 0. The number of anilines is 3.